The van der Waals surface area contributed by atoms with Crippen LogP contribution in [0.25, 0.3) is 5.57 Å². The highest BCUT2D eigenvalue weighted by Crippen LogP contribution is 2.16. The molecule has 0 unspecified atom stereocenters. The maximum Gasteiger partial charge on any atom is 0.0348 e. The predicted molar refractivity (Wildman–Crippen MR) is 74.0 cm³/mol. The molecule has 0 radical (unpaired) electrons. The number of rotatable bonds is 6. The van der Waals surface area contributed by atoms with Crippen molar-refractivity contribution in [3.63, 3.8) is 0 Å². The number of benzene rings is 1. The molecule has 1 aromatic rings. The molecular weight excluding hydrogens is 208 g/mol. The van der Waals surface area contributed by atoms with Crippen LogP contribution in [0.1, 0.15) is 18.9 Å². The van der Waals surface area contributed by atoms with Crippen LogP contribution in [0.15, 0.2) is 36.9 Å². The van der Waals surface area contributed by atoms with E-state index in [-0.39, 0.29) is 0 Å². The van der Waals surface area contributed by atoms with Crippen molar-refractivity contribution in [2.24, 2.45) is 0 Å². The van der Waals surface area contributed by atoms with Crippen LogP contribution in [-0.2, 0) is 0 Å². The van der Waals surface area contributed by atoms with E-state index in [0.29, 0.717) is 6.04 Å². The molecule has 1 saturated heterocycles. The molecule has 1 fully saturated rings. The fourth-order valence-corrected chi connectivity index (χ4v) is 2.22. The van der Waals surface area contributed by atoms with Crippen molar-refractivity contribution in [3.05, 3.63) is 42.5 Å². The molecule has 1 aromatic carbocycles. The minimum atomic E-state index is 0.704. The molecule has 0 spiro atoms. The van der Waals surface area contributed by atoms with Gasteiger partial charge in [-0.2, -0.15) is 0 Å². The molecule has 0 aliphatic carbocycles. The molecule has 92 valence electrons. The van der Waals surface area contributed by atoms with Crippen molar-refractivity contribution < 1.29 is 0 Å². The summed E-state index contributed by atoms with van der Waals surface area (Å²) in [5.74, 6) is 0. The fraction of sp³-hybridized carbons (Fsp3) is 0.467. The predicted octanol–water partition coefficient (Wildman–Crippen LogP) is 2.38. The molecule has 17 heavy (non-hydrogen) atoms. The first-order valence-corrected chi connectivity index (χ1v) is 6.49. The smallest absolute Gasteiger partial charge is 0.0348 e. The van der Waals surface area contributed by atoms with Crippen LogP contribution in [-0.4, -0.2) is 37.1 Å². The van der Waals surface area contributed by atoms with Crippen LogP contribution in [0.4, 0.5) is 0 Å². The molecular formula is C15H22N2. The van der Waals surface area contributed by atoms with E-state index in [1.165, 1.54) is 17.6 Å². The average Bonchev–Trinajstić information content (AvgIpc) is 2.28. The van der Waals surface area contributed by atoms with Gasteiger partial charge in [0.1, 0.15) is 0 Å². The van der Waals surface area contributed by atoms with E-state index < -0.39 is 0 Å². The highest BCUT2D eigenvalue weighted by atomic mass is 15.2. The zero-order chi connectivity index (χ0) is 12.1. The molecule has 1 N–H and O–H groups in total. The third-order valence-electron chi connectivity index (χ3n) is 3.36. The van der Waals surface area contributed by atoms with Gasteiger partial charge in [0.25, 0.3) is 0 Å². The molecule has 0 atom stereocenters. The number of nitrogens with one attached hydrogen (secondary N) is 1. The second-order valence-corrected chi connectivity index (χ2v) is 4.75. The second-order valence-electron chi connectivity index (χ2n) is 4.75. The lowest BCUT2D eigenvalue weighted by Crippen LogP contribution is -2.57. The van der Waals surface area contributed by atoms with Crippen LogP contribution in [0.2, 0.25) is 0 Å². The highest BCUT2D eigenvalue weighted by Gasteiger charge is 2.24. The van der Waals surface area contributed by atoms with Gasteiger partial charge in [-0.1, -0.05) is 43.8 Å². The van der Waals surface area contributed by atoms with Gasteiger partial charge in [0.05, 0.1) is 0 Å². The molecule has 1 aliphatic rings. The third-order valence-corrected chi connectivity index (χ3v) is 3.36. The highest BCUT2D eigenvalue weighted by molar-refractivity contribution is 5.64. The van der Waals surface area contributed by atoms with Crippen LogP contribution in [0.3, 0.4) is 0 Å². The zero-order valence-corrected chi connectivity index (χ0v) is 10.7. The standard InChI is InChI=1S/C15H22N2/c1-3-9-17(15-10-16-11-15)12-13(2)14-7-5-4-6-8-14/h4-8,15-16H,2-3,9-12H2,1H3. The molecule has 0 aromatic heterocycles. The summed E-state index contributed by atoms with van der Waals surface area (Å²) in [5.41, 5.74) is 2.49. The molecule has 1 heterocycles. The fourth-order valence-electron chi connectivity index (χ4n) is 2.22. The van der Waals surface area contributed by atoms with E-state index in [4.69, 9.17) is 0 Å². The molecule has 2 nitrogen and oxygen atoms in total. The number of hydrogen-bond donors (Lipinski definition) is 1. The van der Waals surface area contributed by atoms with Crippen molar-refractivity contribution in [1.82, 2.24) is 10.2 Å². The summed E-state index contributed by atoms with van der Waals surface area (Å²) in [6.07, 6.45) is 1.21. The molecule has 0 saturated carbocycles. The summed E-state index contributed by atoms with van der Waals surface area (Å²) in [4.78, 5) is 2.55. The van der Waals surface area contributed by atoms with Gasteiger partial charge in [-0.15, -0.1) is 0 Å². The Morgan fingerprint density at radius 1 is 1.35 bits per heavy atom. The lowest BCUT2D eigenvalue weighted by molar-refractivity contribution is 0.164. The average molecular weight is 230 g/mol. The van der Waals surface area contributed by atoms with E-state index in [1.807, 2.05) is 0 Å². The normalized spacial score (nSPS) is 15.9. The summed E-state index contributed by atoms with van der Waals surface area (Å²) < 4.78 is 0. The molecule has 0 amide bonds. The van der Waals surface area contributed by atoms with E-state index >= 15 is 0 Å². The Balaban J connectivity index is 1.95. The maximum absolute atomic E-state index is 4.23. The summed E-state index contributed by atoms with van der Waals surface area (Å²) in [5, 5.41) is 3.34. The van der Waals surface area contributed by atoms with E-state index in [2.05, 4.69) is 54.1 Å². The van der Waals surface area contributed by atoms with E-state index in [9.17, 15) is 0 Å². The summed E-state index contributed by atoms with van der Waals surface area (Å²) in [6.45, 7) is 10.9. The van der Waals surface area contributed by atoms with E-state index in [0.717, 1.165) is 26.2 Å². The largest absolute Gasteiger partial charge is 0.314 e. The van der Waals surface area contributed by atoms with Gasteiger partial charge in [-0.05, 0) is 24.1 Å². The minimum Gasteiger partial charge on any atom is -0.314 e. The van der Waals surface area contributed by atoms with Crippen LogP contribution in [0, 0.1) is 0 Å². The Hall–Kier alpha value is -1.12. The Morgan fingerprint density at radius 3 is 2.59 bits per heavy atom. The first-order chi connectivity index (χ1) is 8.31. The van der Waals surface area contributed by atoms with Gasteiger partial charge in [0.15, 0.2) is 0 Å². The van der Waals surface area contributed by atoms with Gasteiger partial charge in [-0.3, -0.25) is 4.90 Å². The van der Waals surface area contributed by atoms with Gasteiger partial charge in [-0.25, -0.2) is 0 Å². The Kier molecular flexibility index (Phi) is 4.35. The van der Waals surface area contributed by atoms with E-state index in [1.54, 1.807) is 0 Å². The van der Waals surface area contributed by atoms with Crippen molar-refractivity contribution >= 4 is 5.57 Å². The number of nitrogens with zero attached hydrogens (tertiary/aromatic N) is 1. The van der Waals surface area contributed by atoms with Crippen molar-refractivity contribution in [3.8, 4) is 0 Å². The first-order valence-electron chi connectivity index (χ1n) is 6.49. The van der Waals surface area contributed by atoms with Crippen LogP contribution in [0.5, 0.6) is 0 Å². The van der Waals surface area contributed by atoms with Gasteiger partial charge in [0.2, 0.25) is 0 Å². The molecule has 2 heteroatoms. The first kappa shape index (κ1) is 12.3. The van der Waals surface area contributed by atoms with Crippen molar-refractivity contribution in [2.75, 3.05) is 26.2 Å². The van der Waals surface area contributed by atoms with Gasteiger partial charge < -0.3 is 5.32 Å². The third kappa shape index (κ3) is 3.18. The van der Waals surface area contributed by atoms with Crippen LogP contribution >= 0.6 is 0 Å². The van der Waals surface area contributed by atoms with Crippen LogP contribution < -0.4 is 5.32 Å². The lowest BCUT2D eigenvalue weighted by atomic mass is 10.0. The molecule has 1 aliphatic heterocycles. The van der Waals surface area contributed by atoms with Gasteiger partial charge in [0, 0.05) is 25.7 Å². The SMILES string of the molecule is C=C(CN(CCC)C1CNC1)c1ccccc1. The lowest BCUT2D eigenvalue weighted by Gasteiger charge is -2.38. The Bertz CT molecular complexity index is 354. The number of hydrogen-bond acceptors (Lipinski definition) is 2. The topological polar surface area (TPSA) is 15.3 Å². The summed E-state index contributed by atoms with van der Waals surface area (Å²) >= 11 is 0. The monoisotopic (exact) mass is 230 g/mol. The summed E-state index contributed by atoms with van der Waals surface area (Å²) in [7, 11) is 0. The van der Waals surface area contributed by atoms with Gasteiger partial charge >= 0.3 is 0 Å². The Morgan fingerprint density at radius 2 is 2.06 bits per heavy atom. The Labute approximate surface area is 104 Å². The summed E-state index contributed by atoms with van der Waals surface area (Å²) in [6, 6.07) is 11.2. The molecule has 0 bridgehead atoms. The maximum atomic E-state index is 4.23. The minimum absolute atomic E-state index is 0.704. The van der Waals surface area contributed by atoms with Crippen molar-refractivity contribution in [2.45, 2.75) is 19.4 Å². The van der Waals surface area contributed by atoms with Crippen molar-refractivity contribution in [1.29, 1.82) is 0 Å². The second kappa shape index (κ2) is 5.99. The molecule has 2 rings (SSSR count). The quantitative estimate of drug-likeness (QED) is 0.807. The zero-order valence-electron chi connectivity index (χ0n) is 10.7.